The molecule has 4 nitrogen and oxygen atoms in total. The SMILES string of the molecule is C#CC#CC#CC#CC#CC#CC#CC#CC#CC#CC#COc1ccc(C(=O)OC)c(OC#CC#CC#CC#CC#CC#CC#CC#CC#CC#CC#C)c1.[HH].[HH].[HH].[HH].[HH].[HH].[HH].[HH].[HH].[HH].[HH].[HH].[HH].[HH].[HH].[HH].[HH].[HH].[HH].[HH].[HH].[HH].[HH].[HH].[HH].[HH].[HH].[HH].[HH].[HH].[HH].[HH].[HH].[HH].[HH].[HH].[HH].[HH].[HH].[HH].[HH].[HH].[HH].[HH]. The number of hydrogen-bond acceptors (Lipinski definition) is 4. The van der Waals surface area contributed by atoms with E-state index < -0.39 is 5.97 Å². The van der Waals surface area contributed by atoms with Crippen molar-refractivity contribution in [3.05, 3.63) is 23.8 Å². The van der Waals surface area contributed by atoms with Gasteiger partial charge in [-0.3, -0.25) is 0 Å². The fourth-order valence-corrected chi connectivity index (χ4v) is 2.28. The molecule has 1 rings (SSSR count). The van der Waals surface area contributed by atoms with Crippen molar-refractivity contribution in [2.45, 2.75) is 0 Å². The van der Waals surface area contributed by atoms with Crippen LogP contribution in [0, 0.1) is 262 Å². The van der Waals surface area contributed by atoms with Gasteiger partial charge in [0.05, 0.1) is 7.11 Å². The van der Waals surface area contributed by atoms with E-state index in [0.29, 0.717) is 0 Å². The lowest BCUT2D eigenvalue weighted by Crippen LogP contribution is -2.04. The highest BCUT2D eigenvalue weighted by Crippen LogP contribution is 2.25. The molecule has 56 heavy (non-hydrogen) atoms. The summed E-state index contributed by atoms with van der Waals surface area (Å²) in [6, 6.07) is 4.27. The van der Waals surface area contributed by atoms with Gasteiger partial charge in [0.2, 0.25) is 0 Å². The van der Waals surface area contributed by atoms with Crippen LogP contribution >= 0.6 is 0 Å². The summed E-state index contributed by atoms with van der Waals surface area (Å²) in [6.45, 7) is 0. The fraction of sp³-hybridized carbons (Fsp3) is 0.0192. The Hall–Kier alpha value is -11.4. The van der Waals surface area contributed by atoms with Crippen molar-refractivity contribution in [3.63, 3.8) is 0 Å². The van der Waals surface area contributed by atoms with Crippen molar-refractivity contribution in [1.29, 1.82) is 0 Å². The van der Waals surface area contributed by atoms with Crippen molar-refractivity contribution in [2.24, 2.45) is 0 Å². The van der Waals surface area contributed by atoms with Crippen molar-refractivity contribution in [2.75, 3.05) is 7.11 Å². The van der Waals surface area contributed by atoms with E-state index in [0.717, 1.165) is 0 Å². The molecule has 1 aromatic rings. The van der Waals surface area contributed by atoms with Gasteiger partial charge in [-0.05, 0) is 107 Å². The maximum atomic E-state index is 12.1. The Bertz CT molecular complexity index is 3320. The average molecular weight is 785 g/mol. The van der Waals surface area contributed by atoms with Gasteiger partial charge in [-0.1, -0.05) is 0 Å². The minimum atomic E-state index is -0.662. The number of esters is 1. The van der Waals surface area contributed by atoms with E-state index in [1.807, 2.05) is 0 Å². The lowest BCUT2D eigenvalue weighted by atomic mass is 10.2. The van der Waals surface area contributed by atoms with Crippen molar-refractivity contribution < 1.29 is 81.8 Å². The zero-order valence-corrected chi connectivity index (χ0v) is 28.5. The summed E-state index contributed by atoms with van der Waals surface area (Å²) in [5.74, 6) is 97.4. The predicted molar refractivity (Wildman–Crippen MR) is 305 cm³/mol. The van der Waals surface area contributed by atoms with Crippen LogP contribution in [0.5, 0.6) is 11.5 Å². The Balaban J connectivity index is -0.0000000170. The van der Waals surface area contributed by atoms with E-state index in [1.165, 1.54) is 25.3 Å². The molecule has 0 heterocycles. The molecule has 0 aliphatic heterocycles. The summed E-state index contributed by atoms with van der Waals surface area (Å²) >= 11 is 0. The monoisotopic (exact) mass is 785 g/mol. The Labute approximate surface area is 393 Å². The Morgan fingerprint density at radius 3 is 0.964 bits per heavy atom. The van der Waals surface area contributed by atoms with Crippen molar-refractivity contribution >= 4 is 5.97 Å². The number of carbonyl (C=O) groups excluding carboxylic acids is 1. The van der Waals surface area contributed by atoms with Gasteiger partial charge in [-0.15, -0.1) is 12.8 Å². The number of carbonyl (C=O) groups is 1. The van der Waals surface area contributed by atoms with Crippen LogP contribution in [0.2, 0.25) is 0 Å². The van der Waals surface area contributed by atoms with Crippen LogP contribution in [0.3, 0.4) is 0 Å². The zero-order valence-electron chi connectivity index (χ0n) is 28.5. The Morgan fingerprint density at radius 1 is 0.411 bits per heavy atom. The number of terminal acetylenes is 2. The highest BCUT2D eigenvalue weighted by atomic mass is 16.5. The second-order valence-corrected chi connectivity index (χ2v) is 7.60. The molecule has 328 valence electrons. The number of methoxy groups -OCH3 is 1. The minimum Gasteiger partial charge on any atom is -0.465 e. The third kappa shape index (κ3) is 25.7. The lowest BCUT2D eigenvalue weighted by Gasteiger charge is -2.06. The molecule has 0 unspecified atom stereocenters. The van der Waals surface area contributed by atoms with Crippen LogP contribution < -0.4 is 9.47 Å². The quantitative estimate of drug-likeness (QED) is 0.226. The molecule has 0 saturated carbocycles. The maximum absolute atomic E-state index is 12.1. The molecule has 0 spiro atoms. The second-order valence-electron chi connectivity index (χ2n) is 7.60. The summed E-state index contributed by atoms with van der Waals surface area (Å²) in [4.78, 5) is 12.1. The lowest BCUT2D eigenvalue weighted by molar-refractivity contribution is 0.0598. The Morgan fingerprint density at radius 2 is 0.679 bits per heavy atom. The normalized spacial score (nSPS) is 5.27. The number of benzene rings is 1. The first-order chi connectivity index (χ1) is 27.7. The van der Waals surface area contributed by atoms with E-state index in [1.54, 1.807) is 0 Å². The largest absolute Gasteiger partial charge is 0.465 e. The molecule has 0 amide bonds. The van der Waals surface area contributed by atoms with E-state index in [9.17, 15) is 4.79 Å². The molecule has 4 heteroatoms. The van der Waals surface area contributed by atoms with Gasteiger partial charge in [0.25, 0.3) is 0 Å². The summed E-state index contributed by atoms with van der Waals surface area (Å²) in [5.41, 5.74) is 0.0860. The van der Waals surface area contributed by atoms with Gasteiger partial charge < -0.3 is 14.2 Å². The van der Waals surface area contributed by atoms with Crippen LogP contribution in [-0.4, -0.2) is 13.1 Å². The van der Waals surface area contributed by atoms with E-state index >= 15 is 0 Å². The van der Waals surface area contributed by atoms with E-state index in [-0.39, 0.29) is 79.8 Å². The molecule has 0 atom stereocenters. The van der Waals surface area contributed by atoms with Crippen LogP contribution in [0.1, 0.15) is 73.1 Å². The third-order valence-corrected chi connectivity index (χ3v) is 4.18. The molecule has 0 fully saturated rings. The molecular formula is C52H96O4. The zero-order chi connectivity index (χ0) is 40.3. The smallest absolute Gasteiger partial charge is 0.341 e. The molecule has 0 aromatic heterocycles. The molecule has 1 aromatic carbocycles. The number of ether oxygens (including phenoxy) is 3. The van der Waals surface area contributed by atoms with Crippen LogP contribution in [0.4, 0.5) is 0 Å². The predicted octanol–water partition coefficient (Wildman–Crippen LogP) is 12.3. The second kappa shape index (κ2) is 33.5. The van der Waals surface area contributed by atoms with Gasteiger partial charge in [0.15, 0.2) is 5.75 Å². The van der Waals surface area contributed by atoms with Crippen LogP contribution in [0.25, 0.3) is 0 Å². The van der Waals surface area contributed by atoms with Gasteiger partial charge in [0.1, 0.15) is 23.5 Å². The molecular weight excluding hydrogens is 689 g/mol. The first-order valence-corrected chi connectivity index (χ1v) is 14.2. The number of hydrogen-bond donors (Lipinski definition) is 0. The molecule has 0 aliphatic carbocycles. The van der Waals surface area contributed by atoms with E-state index in [2.05, 4.69) is 249 Å². The van der Waals surface area contributed by atoms with Crippen LogP contribution in [0.15, 0.2) is 18.2 Å². The summed E-state index contributed by atoms with van der Waals surface area (Å²) in [7, 11) is 1.22. The van der Waals surface area contributed by atoms with E-state index in [4.69, 9.17) is 27.1 Å². The molecule has 0 radical (unpaired) electrons. The summed E-state index contributed by atoms with van der Waals surface area (Å²) in [5, 5.41) is 0. The Kier molecular flexibility index (Phi) is 25.5. The molecule has 0 bridgehead atoms. The first kappa shape index (κ1) is 42.6. The van der Waals surface area contributed by atoms with Gasteiger partial charge >= 0.3 is 5.97 Å². The molecule has 0 N–H and O–H groups in total. The highest BCUT2D eigenvalue weighted by molar-refractivity contribution is 5.92. The maximum Gasteiger partial charge on any atom is 0.341 e. The summed E-state index contributed by atoms with van der Waals surface area (Å²) < 4.78 is 15.4. The highest BCUT2D eigenvalue weighted by Gasteiger charge is 2.14. The fourth-order valence-electron chi connectivity index (χ4n) is 2.28. The van der Waals surface area contributed by atoms with Gasteiger partial charge in [0, 0.05) is 211 Å². The first-order valence-electron chi connectivity index (χ1n) is 14.2. The van der Waals surface area contributed by atoms with Crippen molar-refractivity contribution in [1.82, 2.24) is 0 Å². The minimum absolute atomic E-state index is 0. The van der Waals surface area contributed by atoms with Crippen LogP contribution in [-0.2, 0) is 4.74 Å². The summed E-state index contributed by atoms with van der Waals surface area (Å²) in [6.07, 6.45) is 14.6. The molecule has 0 saturated heterocycles. The van der Waals surface area contributed by atoms with Crippen molar-refractivity contribution in [3.8, 4) is 273 Å². The third-order valence-electron chi connectivity index (χ3n) is 4.18. The standard InChI is InChI=1S/C52H8O4.44H2/c1-4-6-8-10-12-14-16-18-20-22-24-26-28-30-32-34-36-38-40-42-46-55-49-44-45-50(52(53)54-3)51(48-49)56-47-43-41-39-37-35-33-31-29-27-25-23-21-19-17-15-13-11-9-7-5-2;;;;;;;;;;;;;;;;;;;;;;;;;;;;;;;;;;;;;;;;;;;;/h1-2,44-45,48H,3H3;44*1H. The van der Waals surface area contributed by atoms with Gasteiger partial charge in [-0.2, -0.15) is 0 Å². The topological polar surface area (TPSA) is 44.8 Å². The van der Waals surface area contributed by atoms with Gasteiger partial charge in [-0.25, -0.2) is 4.79 Å². The average Bonchev–Trinajstić information content (AvgIpc) is 3.21. The molecule has 0 aliphatic rings. The number of rotatable bonds is 3.